The summed E-state index contributed by atoms with van der Waals surface area (Å²) >= 11 is 0. The smallest absolute Gasteiger partial charge is 0.238 e. The van der Waals surface area contributed by atoms with Crippen LogP contribution in [0, 0.1) is 12.8 Å². The maximum absolute atomic E-state index is 13.2. The van der Waals surface area contributed by atoms with Crippen LogP contribution in [0.15, 0.2) is 48.5 Å². The highest BCUT2D eigenvalue weighted by atomic mass is 16.5. The van der Waals surface area contributed by atoms with Crippen LogP contribution in [-0.2, 0) is 9.59 Å². The summed E-state index contributed by atoms with van der Waals surface area (Å²) in [6, 6.07) is 16.1. The minimum absolute atomic E-state index is 0.0297. The molecule has 0 aromatic heterocycles. The van der Waals surface area contributed by atoms with E-state index in [1.807, 2.05) is 43.3 Å². The SMILES string of the molecule is COc1ccc(C)cc1NC(=O)CN1C[C@]2(NC(C)=O)CN(C)CC[C@@H]2[C@H]1c1ccccc1. The molecule has 2 N–H and O–H groups in total. The van der Waals surface area contributed by atoms with E-state index in [0.717, 1.165) is 25.1 Å². The molecule has 33 heavy (non-hydrogen) atoms. The Morgan fingerprint density at radius 3 is 2.61 bits per heavy atom. The Morgan fingerprint density at radius 1 is 1.15 bits per heavy atom. The van der Waals surface area contributed by atoms with Crippen LogP contribution in [0.2, 0.25) is 0 Å². The lowest BCUT2D eigenvalue weighted by Gasteiger charge is -2.44. The largest absolute Gasteiger partial charge is 0.495 e. The van der Waals surface area contributed by atoms with Gasteiger partial charge >= 0.3 is 0 Å². The van der Waals surface area contributed by atoms with Crippen molar-refractivity contribution in [1.29, 1.82) is 0 Å². The van der Waals surface area contributed by atoms with Gasteiger partial charge in [0.25, 0.3) is 0 Å². The summed E-state index contributed by atoms with van der Waals surface area (Å²) in [6.45, 7) is 6.16. The lowest BCUT2D eigenvalue weighted by Crippen LogP contribution is -2.63. The number of ether oxygens (including phenoxy) is 1. The fraction of sp³-hybridized carbons (Fsp3) is 0.462. The molecule has 2 aromatic rings. The zero-order valence-corrected chi connectivity index (χ0v) is 19.9. The number of nitrogens with zero attached hydrogens (tertiary/aromatic N) is 2. The summed E-state index contributed by atoms with van der Waals surface area (Å²) in [6.07, 6.45) is 0.958. The molecule has 176 valence electrons. The molecular weight excluding hydrogens is 416 g/mol. The summed E-state index contributed by atoms with van der Waals surface area (Å²) in [5.41, 5.74) is 2.51. The van der Waals surface area contributed by atoms with E-state index in [1.165, 1.54) is 5.56 Å². The van der Waals surface area contributed by atoms with Gasteiger partial charge in [0.1, 0.15) is 5.75 Å². The van der Waals surface area contributed by atoms with Gasteiger partial charge in [-0.15, -0.1) is 0 Å². The van der Waals surface area contributed by atoms with Crippen LogP contribution >= 0.6 is 0 Å². The second kappa shape index (κ2) is 9.53. The van der Waals surface area contributed by atoms with Gasteiger partial charge in [-0.3, -0.25) is 14.5 Å². The molecule has 2 aliphatic rings. The lowest BCUT2D eigenvalue weighted by atomic mass is 9.76. The zero-order chi connectivity index (χ0) is 23.6. The van der Waals surface area contributed by atoms with Gasteiger partial charge in [0.05, 0.1) is 24.9 Å². The fourth-order valence-electron chi connectivity index (χ4n) is 5.72. The van der Waals surface area contributed by atoms with Gasteiger partial charge in [-0.1, -0.05) is 36.4 Å². The van der Waals surface area contributed by atoms with Gasteiger partial charge in [0.15, 0.2) is 0 Å². The van der Waals surface area contributed by atoms with Crippen molar-refractivity contribution in [2.24, 2.45) is 5.92 Å². The molecule has 0 unspecified atom stereocenters. The van der Waals surface area contributed by atoms with Crippen molar-refractivity contribution in [3.05, 3.63) is 59.7 Å². The van der Waals surface area contributed by atoms with Crippen LogP contribution in [0.4, 0.5) is 5.69 Å². The molecule has 3 atom stereocenters. The lowest BCUT2D eigenvalue weighted by molar-refractivity contribution is -0.122. The number of nitrogens with one attached hydrogen (secondary N) is 2. The monoisotopic (exact) mass is 450 g/mol. The molecular formula is C26H34N4O3. The van der Waals surface area contributed by atoms with Gasteiger partial charge in [0, 0.05) is 32.0 Å². The van der Waals surface area contributed by atoms with E-state index in [4.69, 9.17) is 4.74 Å². The zero-order valence-electron chi connectivity index (χ0n) is 19.9. The van der Waals surface area contributed by atoms with Crippen LogP contribution < -0.4 is 15.4 Å². The number of likely N-dealkylation sites (N-methyl/N-ethyl adjacent to an activating group) is 1. The van der Waals surface area contributed by atoms with Crippen LogP contribution in [0.25, 0.3) is 0 Å². The Labute approximate surface area is 196 Å². The molecule has 2 aromatic carbocycles. The standard InChI is InChI=1S/C26H34N4O3/c1-18-10-11-23(33-4)22(14-18)27-24(32)15-30-17-26(28-19(2)31)16-29(3)13-12-21(26)25(30)20-8-6-5-7-9-20/h5-11,14,21,25H,12-13,15-17H2,1-4H3,(H,27,32)(H,28,31)/t21-,25-,26-/m1/s1. The topological polar surface area (TPSA) is 73.9 Å². The van der Waals surface area contributed by atoms with Gasteiger partial charge in [-0.2, -0.15) is 0 Å². The summed E-state index contributed by atoms with van der Waals surface area (Å²) in [5.74, 6) is 0.740. The van der Waals surface area contributed by atoms with Crippen LogP contribution in [-0.4, -0.2) is 67.5 Å². The Bertz CT molecular complexity index is 1010. The first-order valence-corrected chi connectivity index (χ1v) is 11.5. The van der Waals surface area contributed by atoms with Gasteiger partial charge in [-0.25, -0.2) is 0 Å². The number of carbonyl (C=O) groups excluding carboxylic acids is 2. The van der Waals surface area contributed by atoms with Gasteiger partial charge in [-0.05, 0) is 50.2 Å². The first kappa shape index (κ1) is 23.3. The van der Waals surface area contributed by atoms with E-state index in [1.54, 1.807) is 14.0 Å². The quantitative estimate of drug-likeness (QED) is 0.708. The Hall–Kier alpha value is -2.90. The van der Waals surface area contributed by atoms with Crippen LogP contribution in [0.5, 0.6) is 5.75 Å². The van der Waals surface area contributed by atoms with Crippen molar-refractivity contribution in [3.8, 4) is 5.75 Å². The summed E-state index contributed by atoms with van der Waals surface area (Å²) in [7, 11) is 3.70. The number of methoxy groups -OCH3 is 1. The Kier molecular flexibility index (Phi) is 6.72. The number of fused-ring (bicyclic) bond motifs is 1. The van der Waals surface area contributed by atoms with Gasteiger partial charge < -0.3 is 20.3 Å². The molecule has 2 heterocycles. The Morgan fingerprint density at radius 2 is 1.91 bits per heavy atom. The predicted octanol–water partition coefficient (Wildman–Crippen LogP) is 2.83. The number of amides is 2. The van der Waals surface area contributed by atoms with Crippen molar-refractivity contribution in [3.63, 3.8) is 0 Å². The fourth-order valence-corrected chi connectivity index (χ4v) is 5.72. The van der Waals surface area contributed by atoms with E-state index in [2.05, 4.69) is 39.6 Å². The molecule has 4 rings (SSSR count). The number of hydrogen-bond acceptors (Lipinski definition) is 5. The molecule has 0 aliphatic carbocycles. The van der Waals surface area contributed by atoms with Crippen LogP contribution in [0.3, 0.4) is 0 Å². The molecule has 2 fully saturated rings. The molecule has 2 saturated heterocycles. The maximum Gasteiger partial charge on any atom is 0.238 e. The first-order chi connectivity index (χ1) is 15.8. The van der Waals surface area contributed by atoms with Crippen molar-refractivity contribution < 1.29 is 14.3 Å². The van der Waals surface area contributed by atoms with E-state index in [-0.39, 0.29) is 35.9 Å². The molecule has 0 bridgehead atoms. The molecule has 0 spiro atoms. The number of benzene rings is 2. The maximum atomic E-state index is 13.2. The average Bonchev–Trinajstić information content (AvgIpc) is 3.05. The highest BCUT2D eigenvalue weighted by Gasteiger charge is 2.55. The molecule has 2 aliphatic heterocycles. The van der Waals surface area contributed by atoms with E-state index >= 15 is 0 Å². The number of aryl methyl sites for hydroxylation is 1. The molecule has 2 amide bonds. The van der Waals surface area contributed by atoms with Crippen molar-refractivity contribution in [1.82, 2.24) is 15.1 Å². The number of carbonyl (C=O) groups is 2. The third-order valence-corrected chi connectivity index (χ3v) is 6.89. The molecule has 0 saturated carbocycles. The number of likely N-dealkylation sites (tertiary alicyclic amines) is 2. The minimum atomic E-state index is -0.388. The number of piperidine rings is 1. The van der Waals surface area contributed by atoms with Crippen LogP contribution in [0.1, 0.15) is 30.5 Å². The predicted molar refractivity (Wildman–Crippen MR) is 129 cm³/mol. The third-order valence-electron chi connectivity index (χ3n) is 6.89. The normalized spacial score (nSPS) is 25.3. The number of rotatable bonds is 6. The third kappa shape index (κ3) is 4.89. The second-order valence-corrected chi connectivity index (χ2v) is 9.48. The summed E-state index contributed by atoms with van der Waals surface area (Å²) < 4.78 is 5.43. The highest BCUT2D eigenvalue weighted by molar-refractivity contribution is 5.94. The molecule has 0 radical (unpaired) electrons. The first-order valence-electron chi connectivity index (χ1n) is 11.5. The van der Waals surface area contributed by atoms with E-state index < -0.39 is 0 Å². The molecule has 7 nitrogen and oxygen atoms in total. The van der Waals surface area contributed by atoms with Crippen molar-refractivity contribution >= 4 is 17.5 Å². The van der Waals surface area contributed by atoms with Crippen molar-refractivity contribution in [2.45, 2.75) is 31.8 Å². The summed E-state index contributed by atoms with van der Waals surface area (Å²) in [4.78, 5) is 29.9. The molecule has 7 heteroatoms. The van der Waals surface area contributed by atoms with E-state index in [0.29, 0.717) is 18.0 Å². The number of hydrogen-bond donors (Lipinski definition) is 2. The Balaban J connectivity index is 1.63. The highest BCUT2D eigenvalue weighted by Crippen LogP contribution is 2.47. The minimum Gasteiger partial charge on any atom is -0.495 e. The van der Waals surface area contributed by atoms with Crippen molar-refractivity contribution in [2.75, 3.05) is 45.7 Å². The average molecular weight is 451 g/mol. The number of anilines is 1. The second-order valence-electron chi connectivity index (χ2n) is 9.48. The summed E-state index contributed by atoms with van der Waals surface area (Å²) in [5, 5.41) is 6.33. The van der Waals surface area contributed by atoms with Gasteiger partial charge in [0.2, 0.25) is 11.8 Å². The van der Waals surface area contributed by atoms with E-state index in [9.17, 15) is 9.59 Å².